The molecule has 2 aromatic rings. The maximum Gasteiger partial charge on any atom is 0.222 e. The summed E-state index contributed by atoms with van der Waals surface area (Å²) >= 11 is 0. The van der Waals surface area contributed by atoms with E-state index in [0.717, 1.165) is 68.8 Å². The Hall–Kier alpha value is -2.41. The Kier molecular flexibility index (Phi) is 7.13. The third-order valence-corrected chi connectivity index (χ3v) is 7.00. The summed E-state index contributed by atoms with van der Waals surface area (Å²) in [4.78, 5) is 14.7. The van der Waals surface area contributed by atoms with Crippen LogP contribution in [0.2, 0.25) is 0 Å². The molecule has 7 heteroatoms. The normalized spacial score (nSPS) is 20.5. The monoisotopic (exact) mass is 444 g/mol. The molecule has 1 aromatic carbocycles. The van der Waals surface area contributed by atoms with Gasteiger partial charge in [-0.15, -0.1) is 0 Å². The molecule has 0 N–H and O–H groups in total. The van der Waals surface area contributed by atoms with Crippen LogP contribution >= 0.6 is 0 Å². The summed E-state index contributed by atoms with van der Waals surface area (Å²) in [5, 5.41) is 3.97. The van der Waals surface area contributed by atoms with Crippen LogP contribution in [0.1, 0.15) is 55.5 Å². The number of piperidine rings is 1. The smallest absolute Gasteiger partial charge is 0.222 e. The van der Waals surface area contributed by atoms with E-state index >= 15 is 0 Å². The quantitative estimate of drug-likeness (QED) is 0.624. The van der Waals surface area contributed by atoms with Crippen molar-refractivity contribution in [2.24, 2.45) is 5.92 Å². The summed E-state index contributed by atoms with van der Waals surface area (Å²) in [6.45, 7) is 6.70. The van der Waals surface area contributed by atoms with Crippen molar-refractivity contribution in [1.82, 2.24) is 10.1 Å². The maximum absolute atomic E-state index is 13.0. The summed E-state index contributed by atoms with van der Waals surface area (Å²) in [6.07, 6.45) is 5.95. The highest BCUT2D eigenvalue weighted by molar-refractivity contribution is 5.76. The average Bonchev–Trinajstić information content (AvgIpc) is 3.11. The predicted molar refractivity (Wildman–Crippen MR) is 118 cm³/mol. The van der Waals surface area contributed by atoms with Gasteiger partial charge in [0.05, 0.1) is 17.9 Å². The van der Waals surface area contributed by atoms with Crippen molar-refractivity contribution in [3.8, 4) is 5.75 Å². The summed E-state index contributed by atoms with van der Waals surface area (Å²) in [6, 6.07) is 6.17. The Labute approximate surface area is 189 Å². The van der Waals surface area contributed by atoms with Crippen molar-refractivity contribution in [3.63, 3.8) is 0 Å². The van der Waals surface area contributed by atoms with E-state index < -0.39 is 0 Å². The topological polar surface area (TPSA) is 64.8 Å². The lowest BCUT2D eigenvalue weighted by Gasteiger charge is -2.46. The van der Waals surface area contributed by atoms with Crippen molar-refractivity contribution in [3.05, 3.63) is 47.1 Å². The molecular weight excluding hydrogens is 411 g/mol. The Balaban J connectivity index is 1.21. The number of halogens is 1. The fourth-order valence-electron chi connectivity index (χ4n) is 5.01. The molecule has 6 nitrogen and oxygen atoms in total. The number of carbonyl (C=O) groups is 1. The summed E-state index contributed by atoms with van der Waals surface area (Å²) in [5.74, 6) is 2.00. The number of carbonyl (C=O) groups excluding carboxylic acids is 1. The molecule has 3 heterocycles. The van der Waals surface area contributed by atoms with Crippen LogP contribution in [0.3, 0.4) is 0 Å². The maximum atomic E-state index is 13.0. The first-order valence-electron chi connectivity index (χ1n) is 11.7. The average molecular weight is 445 g/mol. The molecule has 1 amide bonds. The fourth-order valence-corrected chi connectivity index (χ4v) is 5.01. The molecule has 2 aliphatic rings. The number of rotatable bonds is 7. The molecule has 0 bridgehead atoms. The van der Waals surface area contributed by atoms with Crippen molar-refractivity contribution in [2.75, 3.05) is 26.3 Å². The van der Waals surface area contributed by atoms with Gasteiger partial charge in [-0.3, -0.25) is 4.79 Å². The molecule has 0 aliphatic carbocycles. The van der Waals surface area contributed by atoms with Crippen LogP contribution in [-0.2, 0) is 16.0 Å². The first kappa shape index (κ1) is 22.8. The van der Waals surface area contributed by atoms with E-state index in [0.29, 0.717) is 31.1 Å². The van der Waals surface area contributed by atoms with Gasteiger partial charge in [-0.25, -0.2) is 4.39 Å². The molecule has 0 saturated carbocycles. The van der Waals surface area contributed by atoms with Crippen LogP contribution in [0.4, 0.5) is 4.39 Å². The van der Waals surface area contributed by atoms with Gasteiger partial charge in [0.1, 0.15) is 17.3 Å². The molecular formula is C25H33FN2O4. The van der Waals surface area contributed by atoms with E-state index in [1.54, 1.807) is 12.1 Å². The van der Waals surface area contributed by atoms with E-state index in [9.17, 15) is 9.18 Å². The Morgan fingerprint density at radius 1 is 1.25 bits per heavy atom. The van der Waals surface area contributed by atoms with Gasteiger partial charge in [0.2, 0.25) is 5.91 Å². The first-order chi connectivity index (χ1) is 15.4. The highest BCUT2D eigenvalue weighted by atomic mass is 19.1. The zero-order chi connectivity index (χ0) is 22.6. The van der Waals surface area contributed by atoms with Gasteiger partial charge >= 0.3 is 0 Å². The second kappa shape index (κ2) is 10.0. The van der Waals surface area contributed by atoms with Crippen LogP contribution < -0.4 is 4.74 Å². The van der Waals surface area contributed by atoms with Gasteiger partial charge in [0, 0.05) is 31.7 Å². The van der Waals surface area contributed by atoms with Crippen molar-refractivity contribution < 1.29 is 23.2 Å². The summed E-state index contributed by atoms with van der Waals surface area (Å²) in [7, 11) is 0. The van der Waals surface area contributed by atoms with Gasteiger partial charge in [-0.2, -0.15) is 0 Å². The number of hydrogen-bond donors (Lipinski definition) is 0. The number of amides is 1. The van der Waals surface area contributed by atoms with Crippen LogP contribution in [0.25, 0.3) is 0 Å². The third kappa shape index (κ3) is 5.49. The number of hydrogen-bond acceptors (Lipinski definition) is 5. The molecule has 2 fully saturated rings. The molecule has 1 aromatic heterocycles. The van der Waals surface area contributed by atoms with Crippen molar-refractivity contribution in [2.45, 2.75) is 64.4 Å². The van der Waals surface area contributed by atoms with E-state index in [1.807, 2.05) is 18.7 Å². The number of ether oxygens (including phenoxy) is 2. The first-order valence-corrected chi connectivity index (χ1v) is 11.7. The predicted octanol–water partition coefficient (Wildman–Crippen LogP) is 4.62. The van der Waals surface area contributed by atoms with Gasteiger partial charge in [-0.05, 0) is 82.6 Å². The minimum absolute atomic E-state index is 0.114. The second-order valence-electron chi connectivity index (χ2n) is 9.16. The molecule has 1 spiro atoms. The Morgan fingerprint density at radius 2 is 2.00 bits per heavy atom. The highest BCUT2D eigenvalue weighted by Crippen LogP contribution is 2.39. The van der Waals surface area contributed by atoms with Crippen molar-refractivity contribution >= 4 is 5.91 Å². The van der Waals surface area contributed by atoms with E-state index in [4.69, 9.17) is 14.0 Å². The van der Waals surface area contributed by atoms with Crippen LogP contribution in [0.15, 0.2) is 28.8 Å². The number of nitrogens with zero attached hydrogens (tertiary/aromatic N) is 2. The van der Waals surface area contributed by atoms with Crippen LogP contribution in [-0.4, -0.2) is 47.9 Å². The zero-order valence-corrected chi connectivity index (χ0v) is 19.1. The van der Waals surface area contributed by atoms with Crippen molar-refractivity contribution in [1.29, 1.82) is 0 Å². The van der Waals surface area contributed by atoms with Crippen LogP contribution in [0, 0.1) is 25.6 Å². The minimum Gasteiger partial charge on any atom is -0.494 e. The zero-order valence-electron chi connectivity index (χ0n) is 19.1. The molecule has 174 valence electrons. The van der Waals surface area contributed by atoms with Gasteiger partial charge < -0.3 is 18.9 Å². The Morgan fingerprint density at radius 3 is 2.69 bits per heavy atom. The standard InChI is InChI=1S/C25H33FN2O4/c1-18-23(19(2)32-27-18)7-8-24(29)28-13-11-25(12-14-28)17-20(10-16-31-25)9-15-30-22-5-3-21(26)4-6-22/h3-6,20H,7-17H2,1-2H3. The lowest BCUT2D eigenvalue weighted by Crippen LogP contribution is -2.51. The summed E-state index contributed by atoms with van der Waals surface area (Å²) in [5.41, 5.74) is 1.81. The van der Waals surface area contributed by atoms with Gasteiger partial charge in [0.25, 0.3) is 0 Å². The molecule has 0 radical (unpaired) electrons. The number of benzene rings is 1. The highest BCUT2D eigenvalue weighted by Gasteiger charge is 2.40. The lowest BCUT2D eigenvalue weighted by atomic mass is 9.78. The number of likely N-dealkylation sites (tertiary alicyclic amines) is 1. The molecule has 1 atom stereocenters. The second-order valence-corrected chi connectivity index (χ2v) is 9.16. The third-order valence-electron chi connectivity index (χ3n) is 7.00. The largest absolute Gasteiger partial charge is 0.494 e. The summed E-state index contributed by atoms with van der Waals surface area (Å²) < 4.78 is 30.3. The Bertz CT molecular complexity index is 884. The minimum atomic E-state index is -0.253. The van der Waals surface area contributed by atoms with E-state index in [2.05, 4.69) is 5.16 Å². The van der Waals surface area contributed by atoms with Crippen LogP contribution in [0.5, 0.6) is 5.75 Å². The molecule has 2 aliphatic heterocycles. The molecule has 1 unspecified atom stereocenters. The molecule has 2 saturated heterocycles. The van der Waals surface area contributed by atoms with Gasteiger partial charge in [-0.1, -0.05) is 5.16 Å². The van der Waals surface area contributed by atoms with E-state index in [1.165, 1.54) is 12.1 Å². The fraction of sp³-hybridized carbons (Fsp3) is 0.600. The SMILES string of the molecule is Cc1noc(C)c1CCC(=O)N1CCC2(CC1)CC(CCOc1ccc(F)cc1)CCO2. The van der Waals surface area contributed by atoms with Gasteiger partial charge in [0.15, 0.2) is 0 Å². The molecule has 4 rings (SSSR count). The number of aryl methyl sites for hydroxylation is 2. The van der Waals surface area contributed by atoms with E-state index in [-0.39, 0.29) is 17.3 Å². The lowest BCUT2D eigenvalue weighted by molar-refractivity contribution is -0.147. The molecule has 32 heavy (non-hydrogen) atoms. The number of aromatic nitrogens is 1.